The molecule has 3 rings (SSSR count). The van der Waals surface area contributed by atoms with Gasteiger partial charge in [-0.2, -0.15) is 0 Å². The van der Waals surface area contributed by atoms with Crippen LogP contribution in [0.2, 0.25) is 0 Å². The highest BCUT2D eigenvalue weighted by molar-refractivity contribution is 6.12. The second-order valence-electron chi connectivity index (χ2n) is 6.53. The minimum absolute atomic E-state index is 0.0612. The second kappa shape index (κ2) is 13.8. The van der Waals surface area contributed by atoms with Crippen LogP contribution >= 0.6 is 0 Å². The van der Waals surface area contributed by atoms with Gasteiger partial charge in [0.05, 0.1) is 0 Å². The molecular formula is C29H35NO. The Morgan fingerprint density at radius 1 is 0.871 bits per heavy atom. The fourth-order valence-electron chi connectivity index (χ4n) is 3.05. The topological polar surface area (TPSA) is 43.1 Å². The normalized spacial score (nSPS) is 10.9. The molecule has 2 heteroatoms. The van der Waals surface area contributed by atoms with Gasteiger partial charge in [0.15, 0.2) is 5.78 Å². The first-order valence-corrected chi connectivity index (χ1v) is 11.0. The van der Waals surface area contributed by atoms with Crippen molar-refractivity contribution in [2.24, 2.45) is 0 Å². The zero-order valence-electron chi connectivity index (χ0n) is 19.4. The van der Waals surface area contributed by atoms with E-state index in [-0.39, 0.29) is 11.7 Å². The third kappa shape index (κ3) is 7.11. The average Bonchev–Trinajstić information content (AvgIpc) is 2.85. The number of ketones is 1. The van der Waals surface area contributed by atoms with Gasteiger partial charge in [0, 0.05) is 16.8 Å². The minimum atomic E-state index is -0.0612. The van der Waals surface area contributed by atoms with E-state index in [4.69, 9.17) is 5.73 Å². The van der Waals surface area contributed by atoms with Gasteiger partial charge in [-0.3, -0.25) is 4.79 Å². The van der Waals surface area contributed by atoms with Crippen LogP contribution in [0.3, 0.4) is 0 Å². The number of anilines is 1. The van der Waals surface area contributed by atoms with E-state index < -0.39 is 0 Å². The number of rotatable bonds is 6. The van der Waals surface area contributed by atoms with E-state index in [0.717, 1.165) is 16.7 Å². The van der Waals surface area contributed by atoms with Gasteiger partial charge in [0.1, 0.15) is 0 Å². The third-order valence-electron chi connectivity index (χ3n) is 4.61. The van der Waals surface area contributed by atoms with Gasteiger partial charge in [-0.1, -0.05) is 114 Å². The predicted octanol–water partition coefficient (Wildman–Crippen LogP) is 8.06. The van der Waals surface area contributed by atoms with E-state index in [9.17, 15) is 4.79 Å². The van der Waals surface area contributed by atoms with Crippen LogP contribution in [0.25, 0.3) is 11.1 Å². The smallest absolute Gasteiger partial charge is 0.195 e. The summed E-state index contributed by atoms with van der Waals surface area (Å²) in [5, 5.41) is 0. The molecular weight excluding hydrogens is 378 g/mol. The number of carbonyl (C=O) groups excluding carboxylic acids is 1. The molecule has 31 heavy (non-hydrogen) atoms. The molecule has 0 unspecified atom stereocenters. The molecule has 0 aliphatic rings. The number of hydrogen-bond donors (Lipinski definition) is 1. The lowest BCUT2D eigenvalue weighted by Crippen LogP contribution is -2.06. The standard InChI is InChI=1S/C25H23NO.2C2H6/c1-3-4-9-18(2)20-12-8-13-22(16-20)25(27)23-15-14-21(17-24(23)26)19-10-6-5-7-11-19;2*1-2/h3-18H,1,26H2,2H3;2*1-2H3/b9-4-;;/t18-;;/m0../s1. The first-order chi connectivity index (χ1) is 15.1. The summed E-state index contributed by atoms with van der Waals surface area (Å²) >= 11 is 0. The molecule has 0 aliphatic heterocycles. The summed E-state index contributed by atoms with van der Waals surface area (Å²) in [5.74, 6) is 0.141. The molecule has 0 aromatic heterocycles. The van der Waals surface area contributed by atoms with Gasteiger partial charge in [-0.05, 0) is 40.8 Å². The lowest BCUT2D eigenvalue weighted by Gasteiger charge is -2.11. The predicted molar refractivity (Wildman–Crippen MR) is 137 cm³/mol. The molecule has 0 fully saturated rings. The van der Waals surface area contributed by atoms with Crippen LogP contribution < -0.4 is 5.73 Å². The second-order valence-corrected chi connectivity index (χ2v) is 6.53. The maximum absolute atomic E-state index is 13.0. The number of allylic oxidation sites excluding steroid dienone is 3. The van der Waals surface area contributed by atoms with Crippen LogP contribution in [0.5, 0.6) is 0 Å². The fraction of sp³-hybridized carbons (Fsp3) is 0.207. The fourth-order valence-corrected chi connectivity index (χ4v) is 3.05. The van der Waals surface area contributed by atoms with Gasteiger partial charge >= 0.3 is 0 Å². The van der Waals surface area contributed by atoms with Crippen molar-refractivity contribution in [3.63, 3.8) is 0 Å². The summed E-state index contributed by atoms with van der Waals surface area (Å²) in [6, 6.07) is 23.3. The molecule has 0 amide bonds. The SMILES string of the molecule is C=C/C=C\[C@H](C)c1cccc(C(=O)c2ccc(-c3ccccc3)cc2N)c1.CC.CC. The van der Waals surface area contributed by atoms with Gasteiger partial charge < -0.3 is 5.73 Å². The first kappa shape index (κ1) is 25.6. The lowest BCUT2D eigenvalue weighted by atomic mass is 9.94. The molecule has 0 bridgehead atoms. The molecule has 2 nitrogen and oxygen atoms in total. The van der Waals surface area contributed by atoms with Crippen molar-refractivity contribution in [1.29, 1.82) is 0 Å². The third-order valence-corrected chi connectivity index (χ3v) is 4.61. The van der Waals surface area contributed by atoms with E-state index in [0.29, 0.717) is 16.8 Å². The largest absolute Gasteiger partial charge is 0.398 e. The van der Waals surface area contributed by atoms with E-state index >= 15 is 0 Å². The van der Waals surface area contributed by atoms with Crippen LogP contribution in [0, 0.1) is 0 Å². The highest BCUT2D eigenvalue weighted by Crippen LogP contribution is 2.26. The van der Waals surface area contributed by atoms with Crippen molar-refractivity contribution < 1.29 is 4.79 Å². The van der Waals surface area contributed by atoms with Crippen LogP contribution in [-0.2, 0) is 0 Å². The first-order valence-electron chi connectivity index (χ1n) is 11.0. The molecule has 2 N–H and O–H groups in total. The Bertz CT molecular complexity index is 987. The minimum Gasteiger partial charge on any atom is -0.398 e. The molecule has 0 saturated carbocycles. The van der Waals surface area contributed by atoms with Gasteiger partial charge in [0.25, 0.3) is 0 Å². The monoisotopic (exact) mass is 413 g/mol. The summed E-state index contributed by atoms with van der Waals surface area (Å²) in [7, 11) is 0. The molecule has 3 aromatic rings. The molecule has 162 valence electrons. The van der Waals surface area contributed by atoms with E-state index in [1.165, 1.54) is 0 Å². The molecule has 1 atom stereocenters. The Hall–Kier alpha value is -3.39. The number of nitrogens with two attached hydrogens (primary N) is 1. The van der Waals surface area contributed by atoms with Crippen molar-refractivity contribution in [1.82, 2.24) is 0 Å². The van der Waals surface area contributed by atoms with Crippen molar-refractivity contribution in [2.45, 2.75) is 40.5 Å². The van der Waals surface area contributed by atoms with Gasteiger partial charge in [-0.15, -0.1) is 0 Å². The number of nitrogen functional groups attached to an aromatic ring is 1. The maximum Gasteiger partial charge on any atom is 0.195 e. The Kier molecular flexibility index (Phi) is 11.4. The van der Waals surface area contributed by atoms with E-state index in [1.807, 2.05) is 107 Å². The molecule has 3 aromatic carbocycles. The highest BCUT2D eigenvalue weighted by atomic mass is 16.1. The summed E-state index contributed by atoms with van der Waals surface area (Å²) in [6.07, 6.45) is 5.72. The van der Waals surface area contributed by atoms with Gasteiger partial charge in [-0.25, -0.2) is 0 Å². The molecule has 0 spiro atoms. The quantitative estimate of drug-likeness (QED) is 0.252. The van der Waals surface area contributed by atoms with Gasteiger partial charge in [0.2, 0.25) is 0 Å². The Morgan fingerprint density at radius 2 is 1.55 bits per heavy atom. The number of hydrogen-bond acceptors (Lipinski definition) is 2. The zero-order valence-corrected chi connectivity index (χ0v) is 19.4. The van der Waals surface area contributed by atoms with Crippen LogP contribution in [0.4, 0.5) is 5.69 Å². The van der Waals surface area contributed by atoms with Crippen LogP contribution in [0.15, 0.2) is 97.6 Å². The highest BCUT2D eigenvalue weighted by Gasteiger charge is 2.14. The number of carbonyl (C=O) groups is 1. The average molecular weight is 414 g/mol. The molecule has 0 radical (unpaired) electrons. The van der Waals surface area contributed by atoms with Crippen LogP contribution in [0.1, 0.15) is 62.0 Å². The maximum atomic E-state index is 13.0. The van der Waals surface area contributed by atoms with E-state index in [1.54, 1.807) is 6.08 Å². The van der Waals surface area contributed by atoms with Crippen LogP contribution in [-0.4, -0.2) is 5.78 Å². The molecule has 0 saturated heterocycles. The Balaban J connectivity index is 0.00000113. The van der Waals surface area contributed by atoms with E-state index in [2.05, 4.69) is 19.6 Å². The van der Waals surface area contributed by atoms with Crippen molar-refractivity contribution in [2.75, 3.05) is 5.73 Å². The Morgan fingerprint density at radius 3 is 2.16 bits per heavy atom. The van der Waals surface area contributed by atoms with Crippen molar-refractivity contribution >= 4 is 11.5 Å². The molecule has 0 heterocycles. The Labute approximate surface area is 188 Å². The summed E-state index contributed by atoms with van der Waals surface area (Å²) in [6.45, 7) is 13.8. The summed E-state index contributed by atoms with van der Waals surface area (Å²) in [5.41, 5.74) is 11.0. The van der Waals surface area contributed by atoms with Crippen molar-refractivity contribution in [3.8, 4) is 11.1 Å². The van der Waals surface area contributed by atoms with Crippen molar-refractivity contribution in [3.05, 3.63) is 114 Å². The zero-order chi connectivity index (χ0) is 23.2. The molecule has 0 aliphatic carbocycles. The number of benzene rings is 3. The lowest BCUT2D eigenvalue weighted by molar-refractivity contribution is 0.103. The summed E-state index contributed by atoms with van der Waals surface area (Å²) < 4.78 is 0. The summed E-state index contributed by atoms with van der Waals surface area (Å²) in [4.78, 5) is 13.0.